The van der Waals surface area contributed by atoms with Crippen LogP contribution < -0.4 is 5.32 Å². The van der Waals surface area contributed by atoms with Gasteiger partial charge >= 0.3 is 0 Å². The molecule has 1 N–H and O–H groups in total. The minimum Gasteiger partial charge on any atom is -0.354 e. The minimum atomic E-state index is -0.149. The lowest BCUT2D eigenvalue weighted by Gasteiger charge is -2.22. The van der Waals surface area contributed by atoms with E-state index in [1.165, 1.54) is 6.38 Å². The van der Waals surface area contributed by atoms with Crippen molar-refractivity contribution in [3.05, 3.63) is 91.4 Å². The molecule has 142 valence electrons. The summed E-state index contributed by atoms with van der Waals surface area (Å²) in [4.78, 5) is 26.2. The van der Waals surface area contributed by atoms with E-state index in [0.717, 1.165) is 15.7 Å². The van der Waals surface area contributed by atoms with E-state index in [4.69, 9.17) is 0 Å². The molecule has 0 heterocycles. The quantitative estimate of drug-likeness (QED) is 0.292. The summed E-state index contributed by atoms with van der Waals surface area (Å²) in [5.41, 5.74) is 4.21. The summed E-state index contributed by atoms with van der Waals surface area (Å²) >= 11 is 11.6. The van der Waals surface area contributed by atoms with Crippen molar-refractivity contribution in [2.24, 2.45) is 0 Å². The predicted molar refractivity (Wildman–Crippen MR) is 121 cm³/mol. The number of rotatable bonds is 2. The van der Waals surface area contributed by atoms with Crippen molar-refractivity contribution in [2.45, 2.75) is 6.92 Å². The number of alkyl halides is 1. The van der Waals surface area contributed by atoms with E-state index in [9.17, 15) is 9.59 Å². The Labute approximate surface area is 185 Å². The van der Waals surface area contributed by atoms with Crippen LogP contribution >= 0.6 is 43.5 Å². The molecule has 1 aliphatic rings. The molecule has 0 unspecified atom stereocenters. The highest BCUT2D eigenvalue weighted by molar-refractivity contribution is 9.11. The Hall–Kier alpha value is -1.95. The van der Waals surface area contributed by atoms with E-state index < -0.39 is 0 Å². The second kappa shape index (κ2) is 8.60. The number of carbonyl (C=O) groups is 2. The lowest BCUT2D eigenvalue weighted by molar-refractivity contribution is 0.0979. The van der Waals surface area contributed by atoms with Gasteiger partial charge in [0.1, 0.15) is 0 Å². The molecule has 3 aromatic rings. The first kappa shape index (κ1) is 20.8. The molecular formula is C22H16Br2ClNO2. The number of fused-ring (bicyclic) bond motifs is 2. The average Bonchev–Trinajstić information content (AvgIpc) is 2.71. The van der Waals surface area contributed by atoms with Crippen LogP contribution in [0.5, 0.6) is 0 Å². The van der Waals surface area contributed by atoms with Gasteiger partial charge in [-0.15, -0.1) is 11.6 Å². The molecule has 0 saturated heterocycles. The van der Waals surface area contributed by atoms with Crippen molar-refractivity contribution in [1.82, 2.24) is 0 Å². The van der Waals surface area contributed by atoms with Crippen LogP contribution in [0.15, 0.2) is 63.5 Å². The fourth-order valence-corrected chi connectivity index (χ4v) is 4.29. The third kappa shape index (κ3) is 3.54. The Balaban J connectivity index is 0.00000109. The fourth-order valence-electron chi connectivity index (χ4n) is 3.21. The molecule has 28 heavy (non-hydrogen) atoms. The fraction of sp³-hybridized carbons (Fsp3) is 0.0909. The maximum absolute atomic E-state index is 13.2. The SMILES string of the molecule is CCl.Cc1cccc(Br)c1Nc1ccc(Br)c2c1C(=O)c1ccccc1C2=O. The number of hydrogen-bond donors (Lipinski definition) is 1. The van der Waals surface area contributed by atoms with Gasteiger partial charge in [-0.05, 0) is 46.6 Å². The largest absolute Gasteiger partial charge is 0.354 e. The van der Waals surface area contributed by atoms with Gasteiger partial charge < -0.3 is 5.32 Å². The van der Waals surface area contributed by atoms with Crippen LogP contribution in [0.25, 0.3) is 0 Å². The van der Waals surface area contributed by atoms with Crippen LogP contribution in [0.1, 0.15) is 37.4 Å². The van der Waals surface area contributed by atoms with E-state index in [-0.39, 0.29) is 11.6 Å². The molecule has 3 aromatic carbocycles. The zero-order chi connectivity index (χ0) is 20.4. The molecule has 0 bridgehead atoms. The zero-order valence-electron chi connectivity index (χ0n) is 15.1. The number of aryl methyl sites for hydroxylation is 1. The maximum atomic E-state index is 13.2. The lowest BCUT2D eigenvalue weighted by Crippen LogP contribution is -2.22. The van der Waals surface area contributed by atoms with Crippen molar-refractivity contribution in [2.75, 3.05) is 11.7 Å². The lowest BCUT2D eigenvalue weighted by atomic mass is 9.83. The summed E-state index contributed by atoms with van der Waals surface area (Å²) < 4.78 is 1.51. The average molecular weight is 522 g/mol. The normalized spacial score (nSPS) is 11.9. The van der Waals surface area contributed by atoms with Crippen LogP contribution in [0.3, 0.4) is 0 Å². The Morgan fingerprint density at radius 1 is 0.750 bits per heavy atom. The summed E-state index contributed by atoms with van der Waals surface area (Å²) in [5.74, 6) is -0.293. The second-order valence-corrected chi connectivity index (χ2v) is 7.81. The van der Waals surface area contributed by atoms with Gasteiger partial charge in [-0.1, -0.05) is 52.3 Å². The van der Waals surface area contributed by atoms with Crippen LogP contribution in [0.4, 0.5) is 11.4 Å². The van der Waals surface area contributed by atoms with Gasteiger partial charge in [0.25, 0.3) is 0 Å². The third-order valence-electron chi connectivity index (χ3n) is 4.51. The molecule has 0 aromatic heterocycles. The third-order valence-corrected chi connectivity index (χ3v) is 5.83. The molecule has 0 fully saturated rings. The molecule has 3 nitrogen and oxygen atoms in total. The number of hydrogen-bond acceptors (Lipinski definition) is 3. The maximum Gasteiger partial charge on any atom is 0.196 e. The van der Waals surface area contributed by atoms with Crippen molar-refractivity contribution in [1.29, 1.82) is 0 Å². The second-order valence-electron chi connectivity index (χ2n) is 6.11. The van der Waals surface area contributed by atoms with E-state index in [2.05, 4.69) is 48.8 Å². The first-order valence-electron chi connectivity index (χ1n) is 8.40. The first-order chi connectivity index (χ1) is 13.5. The standard InChI is InChI=1S/C21H13Br2NO2.CH3Cl/c1-11-5-4-8-15(23)19(11)24-16-10-9-14(22)17-18(16)21(26)13-7-3-2-6-12(13)20(17)25;1-2/h2-10,24H,1H3;1H3. The van der Waals surface area contributed by atoms with Crippen LogP contribution in [-0.2, 0) is 0 Å². The first-order valence-corrected chi connectivity index (χ1v) is 10.7. The number of carbonyl (C=O) groups excluding carboxylic acids is 2. The van der Waals surface area contributed by atoms with Crippen molar-refractivity contribution < 1.29 is 9.59 Å². The summed E-state index contributed by atoms with van der Waals surface area (Å²) in [6.45, 7) is 1.99. The van der Waals surface area contributed by atoms with Crippen molar-refractivity contribution in [3.63, 3.8) is 0 Å². The van der Waals surface area contributed by atoms with E-state index in [1.54, 1.807) is 30.3 Å². The number of nitrogens with one attached hydrogen (secondary N) is 1. The summed E-state index contributed by atoms with van der Waals surface area (Å²) in [5, 5.41) is 3.34. The van der Waals surface area contributed by atoms with Gasteiger partial charge in [0.2, 0.25) is 0 Å². The van der Waals surface area contributed by atoms with E-state index >= 15 is 0 Å². The molecule has 0 saturated carbocycles. The minimum absolute atomic E-state index is 0.144. The highest BCUT2D eigenvalue weighted by atomic mass is 79.9. The van der Waals surface area contributed by atoms with Gasteiger partial charge in [-0.3, -0.25) is 9.59 Å². The summed E-state index contributed by atoms with van der Waals surface area (Å²) in [7, 11) is 0. The van der Waals surface area contributed by atoms with E-state index in [0.29, 0.717) is 32.4 Å². The Morgan fingerprint density at radius 3 is 1.96 bits per heavy atom. The van der Waals surface area contributed by atoms with Crippen LogP contribution in [-0.4, -0.2) is 17.9 Å². The van der Waals surface area contributed by atoms with Crippen molar-refractivity contribution >= 4 is 66.4 Å². The molecular weight excluding hydrogens is 506 g/mol. The Morgan fingerprint density at radius 2 is 1.36 bits per heavy atom. The highest BCUT2D eigenvalue weighted by Crippen LogP contribution is 2.38. The van der Waals surface area contributed by atoms with Gasteiger partial charge in [-0.2, -0.15) is 0 Å². The molecule has 6 heteroatoms. The number of halogens is 3. The van der Waals surface area contributed by atoms with Crippen LogP contribution in [0, 0.1) is 6.92 Å². The number of ketones is 2. The van der Waals surface area contributed by atoms with Crippen molar-refractivity contribution in [3.8, 4) is 0 Å². The molecule has 0 radical (unpaired) electrons. The summed E-state index contributed by atoms with van der Waals surface area (Å²) in [6, 6.07) is 16.4. The zero-order valence-corrected chi connectivity index (χ0v) is 19.1. The number of anilines is 2. The predicted octanol–water partition coefficient (Wildman–Crippen LogP) is 6.89. The van der Waals surface area contributed by atoms with Crippen LogP contribution in [0.2, 0.25) is 0 Å². The molecule has 0 spiro atoms. The molecule has 0 atom stereocenters. The number of para-hydroxylation sites is 1. The van der Waals surface area contributed by atoms with Gasteiger partial charge in [-0.25, -0.2) is 0 Å². The topological polar surface area (TPSA) is 46.2 Å². The Bertz CT molecular complexity index is 1080. The van der Waals surface area contributed by atoms with Gasteiger partial charge in [0.05, 0.1) is 22.5 Å². The highest BCUT2D eigenvalue weighted by Gasteiger charge is 2.33. The molecule has 0 amide bonds. The van der Waals surface area contributed by atoms with E-state index in [1.807, 2.05) is 31.2 Å². The Kier molecular flexibility index (Phi) is 6.38. The summed E-state index contributed by atoms with van der Waals surface area (Å²) in [6.07, 6.45) is 1.47. The molecule has 1 aliphatic carbocycles. The van der Waals surface area contributed by atoms with Gasteiger partial charge in [0.15, 0.2) is 11.6 Å². The molecule has 0 aliphatic heterocycles. The van der Waals surface area contributed by atoms with Gasteiger partial charge in [0, 0.05) is 26.5 Å². The monoisotopic (exact) mass is 519 g/mol. The smallest absolute Gasteiger partial charge is 0.196 e. The molecule has 4 rings (SSSR count). The number of benzene rings is 3.